The van der Waals surface area contributed by atoms with Crippen LogP contribution in [-0.4, -0.2) is 37.2 Å². The molecule has 0 saturated carbocycles. The van der Waals surface area contributed by atoms with Crippen LogP contribution < -0.4 is 0 Å². The minimum absolute atomic E-state index is 0.0605. The fourth-order valence-electron chi connectivity index (χ4n) is 9.86. The predicted octanol–water partition coefficient (Wildman–Crippen LogP) is 21.1. The molecule has 0 N–H and O–H groups in total. The molecular formula is C63H122O6. The first-order valence-corrected chi connectivity index (χ1v) is 31.5. The normalized spacial score (nSPS) is 11.9. The van der Waals surface area contributed by atoms with Gasteiger partial charge in [0.2, 0.25) is 0 Å². The van der Waals surface area contributed by atoms with E-state index in [4.69, 9.17) is 14.2 Å². The minimum Gasteiger partial charge on any atom is -0.462 e. The topological polar surface area (TPSA) is 78.9 Å². The molecule has 0 spiro atoms. The Morgan fingerprint density at radius 1 is 0.232 bits per heavy atom. The van der Waals surface area contributed by atoms with Crippen LogP contribution in [0.1, 0.15) is 367 Å². The highest BCUT2D eigenvalue weighted by Crippen LogP contribution is 2.18. The molecule has 1 atom stereocenters. The first-order chi connectivity index (χ1) is 34.0. The number of unbranched alkanes of at least 4 members (excludes halogenated alkanes) is 48. The van der Waals surface area contributed by atoms with Gasteiger partial charge in [0.05, 0.1) is 0 Å². The van der Waals surface area contributed by atoms with E-state index in [1.807, 2.05) is 0 Å². The molecule has 69 heavy (non-hydrogen) atoms. The van der Waals surface area contributed by atoms with Crippen LogP contribution in [0.5, 0.6) is 0 Å². The maximum Gasteiger partial charge on any atom is 0.306 e. The third-order valence-corrected chi connectivity index (χ3v) is 14.6. The van der Waals surface area contributed by atoms with Gasteiger partial charge >= 0.3 is 17.9 Å². The summed E-state index contributed by atoms with van der Waals surface area (Å²) in [4.78, 5) is 38.3. The Bertz CT molecular complexity index is 1030. The molecular weight excluding hydrogens is 853 g/mol. The molecule has 0 radical (unpaired) electrons. The molecule has 0 aliphatic rings. The van der Waals surface area contributed by atoms with Crippen molar-refractivity contribution >= 4 is 17.9 Å². The average Bonchev–Trinajstić information content (AvgIpc) is 3.35. The zero-order valence-electron chi connectivity index (χ0n) is 47.1. The van der Waals surface area contributed by atoms with Gasteiger partial charge in [-0.15, -0.1) is 0 Å². The zero-order valence-corrected chi connectivity index (χ0v) is 47.1. The summed E-state index contributed by atoms with van der Waals surface area (Å²) >= 11 is 0. The fraction of sp³-hybridized carbons (Fsp3) is 0.952. The Morgan fingerprint density at radius 2 is 0.391 bits per heavy atom. The summed E-state index contributed by atoms with van der Waals surface area (Å²) < 4.78 is 16.9. The molecule has 0 unspecified atom stereocenters. The van der Waals surface area contributed by atoms with E-state index < -0.39 is 6.10 Å². The molecule has 0 heterocycles. The van der Waals surface area contributed by atoms with Crippen LogP contribution in [0.25, 0.3) is 0 Å². The smallest absolute Gasteiger partial charge is 0.306 e. The van der Waals surface area contributed by atoms with E-state index >= 15 is 0 Å². The van der Waals surface area contributed by atoms with Crippen molar-refractivity contribution in [1.29, 1.82) is 0 Å². The lowest BCUT2D eigenvalue weighted by Crippen LogP contribution is -2.30. The lowest BCUT2D eigenvalue weighted by Gasteiger charge is -2.18. The highest BCUT2D eigenvalue weighted by atomic mass is 16.6. The Labute approximate surface area is 431 Å². The molecule has 0 aromatic rings. The molecule has 0 aliphatic carbocycles. The monoisotopic (exact) mass is 975 g/mol. The van der Waals surface area contributed by atoms with Crippen molar-refractivity contribution < 1.29 is 28.6 Å². The third-order valence-electron chi connectivity index (χ3n) is 14.6. The van der Waals surface area contributed by atoms with Crippen molar-refractivity contribution in [2.75, 3.05) is 13.2 Å². The number of hydrogen-bond acceptors (Lipinski definition) is 6. The number of rotatable bonds is 59. The number of carbonyl (C=O) groups excluding carboxylic acids is 3. The van der Waals surface area contributed by atoms with Gasteiger partial charge in [-0.25, -0.2) is 0 Å². The van der Waals surface area contributed by atoms with Crippen molar-refractivity contribution in [1.82, 2.24) is 0 Å². The highest BCUT2D eigenvalue weighted by Gasteiger charge is 2.19. The summed E-state index contributed by atoms with van der Waals surface area (Å²) in [6.45, 7) is 6.73. The Hall–Kier alpha value is -1.59. The van der Waals surface area contributed by atoms with Gasteiger partial charge in [0.1, 0.15) is 13.2 Å². The van der Waals surface area contributed by atoms with Crippen molar-refractivity contribution in [3.63, 3.8) is 0 Å². The van der Waals surface area contributed by atoms with Crippen LogP contribution in [0.2, 0.25) is 0 Å². The Balaban J connectivity index is 4.27. The zero-order chi connectivity index (χ0) is 50.0. The van der Waals surface area contributed by atoms with Gasteiger partial charge in [-0.3, -0.25) is 14.4 Å². The van der Waals surface area contributed by atoms with E-state index in [-0.39, 0.29) is 31.1 Å². The summed E-state index contributed by atoms with van der Waals surface area (Å²) in [7, 11) is 0. The van der Waals surface area contributed by atoms with Gasteiger partial charge in [0.15, 0.2) is 6.10 Å². The highest BCUT2D eigenvalue weighted by molar-refractivity contribution is 5.71. The van der Waals surface area contributed by atoms with E-state index in [0.717, 1.165) is 57.8 Å². The second-order valence-electron chi connectivity index (χ2n) is 21.7. The number of esters is 3. The molecule has 0 amide bonds. The summed E-state index contributed by atoms with van der Waals surface area (Å²) in [5, 5.41) is 0. The fourth-order valence-corrected chi connectivity index (χ4v) is 9.86. The first kappa shape index (κ1) is 67.4. The van der Waals surface area contributed by atoms with E-state index in [2.05, 4.69) is 20.8 Å². The van der Waals surface area contributed by atoms with Gasteiger partial charge in [-0.05, 0) is 19.3 Å². The van der Waals surface area contributed by atoms with E-state index in [1.165, 1.54) is 270 Å². The molecule has 410 valence electrons. The number of hydrogen-bond donors (Lipinski definition) is 0. The van der Waals surface area contributed by atoms with Crippen molar-refractivity contribution in [2.45, 2.75) is 374 Å². The molecule has 0 aliphatic heterocycles. The van der Waals surface area contributed by atoms with Gasteiger partial charge in [-0.1, -0.05) is 329 Å². The SMILES string of the molecule is CCCCCCCCCCCCCCCCCCCCCC(=O)OC[C@@H](COC(=O)CCCCCCCCCCCCCCCCC)OC(=O)CCCCCCCCCCCCCCCCCCC. The van der Waals surface area contributed by atoms with Gasteiger partial charge in [0.25, 0.3) is 0 Å². The maximum absolute atomic E-state index is 12.9. The van der Waals surface area contributed by atoms with Gasteiger partial charge < -0.3 is 14.2 Å². The van der Waals surface area contributed by atoms with E-state index in [9.17, 15) is 14.4 Å². The molecule has 0 rings (SSSR count). The van der Waals surface area contributed by atoms with Crippen LogP contribution in [-0.2, 0) is 28.6 Å². The standard InChI is InChI=1S/C63H122O6/c1-4-7-10-13-16-19-22-25-28-30-31-33-35-38-41-44-47-50-53-56-62(65)68-59-60(58-67-61(64)55-52-49-46-43-40-37-34-27-24-21-18-15-12-9-6-3)69-63(66)57-54-51-48-45-42-39-36-32-29-26-23-20-17-14-11-8-5-2/h60H,4-59H2,1-3H3/t60-/m1/s1. The largest absolute Gasteiger partial charge is 0.462 e. The summed E-state index contributed by atoms with van der Waals surface area (Å²) in [5.41, 5.74) is 0. The molecule has 6 nitrogen and oxygen atoms in total. The van der Waals surface area contributed by atoms with Crippen LogP contribution in [0, 0.1) is 0 Å². The Morgan fingerprint density at radius 3 is 0.580 bits per heavy atom. The molecule has 0 fully saturated rings. The lowest BCUT2D eigenvalue weighted by molar-refractivity contribution is -0.167. The van der Waals surface area contributed by atoms with Crippen molar-refractivity contribution in [3.8, 4) is 0 Å². The molecule has 0 saturated heterocycles. The van der Waals surface area contributed by atoms with Crippen molar-refractivity contribution in [2.24, 2.45) is 0 Å². The number of carbonyl (C=O) groups is 3. The van der Waals surface area contributed by atoms with Crippen LogP contribution >= 0.6 is 0 Å². The quantitative estimate of drug-likeness (QED) is 0.0343. The summed E-state index contributed by atoms with van der Waals surface area (Å²) in [5.74, 6) is -0.825. The van der Waals surface area contributed by atoms with Crippen LogP contribution in [0.3, 0.4) is 0 Å². The third kappa shape index (κ3) is 57.2. The number of ether oxygens (including phenoxy) is 3. The molecule has 0 bridgehead atoms. The Kier molecular flexibility index (Phi) is 57.6. The van der Waals surface area contributed by atoms with E-state index in [1.54, 1.807) is 0 Å². The van der Waals surface area contributed by atoms with Gasteiger partial charge in [0, 0.05) is 19.3 Å². The second kappa shape index (κ2) is 59.0. The second-order valence-corrected chi connectivity index (χ2v) is 21.7. The molecule has 0 aromatic carbocycles. The molecule has 6 heteroatoms. The predicted molar refractivity (Wildman–Crippen MR) is 298 cm³/mol. The first-order valence-electron chi connectivity index (χ1n) is 31.5. The van der Waals surface area contributed by atoms with Crippen LogP contribution in [0.4, 0.5) is 0 Å². The van der Waals surface area contributed by atoms with Crippen molar-refractivity contribution in [3.05, 3.63) is 0 Å². The average molecular weight is 976 g/mol. The summed E-state index contributed by atoms with van der Waals surface area (Å²) in [6, 6.07) is 0. The summed E-state index contributed by atoms with van der Waals surface area (Å²) in [6.07, 6.45) is 66.7. The van der Waals surface area contributed by atoms with E-state index in [0.29, 0.717) is 19.3 Å². The van der Waals surface area contributed by atoms with Gasteiger partial charge in [-0.2, -0.15) is 0 Å². The minimum atomic E-state index is -0.762. The lowest BCUT2D eigenvalue weighted by atomic mass is 10.0. The maximum atomic E-state index is 12.9. The van der Waals surface area contributed by atoms with Crippen LogP contribution in [0.15, 0.2) is 0 Å². The molecule has 0 aromatic heterocycles.